The summed E-state index contributed by atoms with van der Waals surface area (Å²) in [7, 11) is 0. The second kappa shape index (κ2) is 5.03. The van der Waals surface area contributed by atoms with Crippen molar-refractivity contribution in [3.8, 4) is 0 Å². The van der Waals surface area contributed by atoms with E-state index in [0.29, 0.717) is 13.2 Å². The molecule has 0 bridgehead atoms. The number of aromatic nitrogens is 2. The molecule has 2 N–H and O–H groups in total. The molecule has 0 aliphatic carbocycles. The van der Waals surface area contributed by atoms with E-state index in [1.807, 2.05) is 6.92 Å². The number of thiophene rings is 1. The molecular formula is C13H17N3O2S. The van der Waals surface area contributed by atoms with Crippen LogP contribution >= 0.6 is 11.3 Å². The maximum atomic E-state index is 9.72. The zero-order valence-corrected chi connectivity index (χ0v) is 11.7. The largest absolute Gasteiger partial charge is 0.394 e. The summed E-state index contributed by atoms with van der Waals surface area (Å²) in [6.07, 6.45) is 3.16. The predicted octanol–water partition coefficient (Wildman–Crippen LogP) is 1.95. The van der Waals surface area contributed by atoms with Crippen LogP contribution in [0.15, 0.2) is 11.7 Å². The van der Waals surface area contributed by atoms with Gasteiger partial charge in [0.1, 0.15) is 12.1 Å². The first-order chi connectivity index (χ1) is 9.24. The maximum Gasteiger partial charge on any atom is 0.147 e. The van der Waals surface area contributed by atoms with Gasteiger partial charge in [0, 0.05) is 13.2 Å². The molecule has 0 spiro atoms. The SMILES string of the molecule is Cc1csc2c(NC3(CO)CCOCC3)ncnc12. The van der Waals surface area contributed by atoms with Crippen LogP contribution in [0.5, 0.6) is 0 Å². The van der Waals surface area contributed by atoms with Gasteiger partial charge in [-0.25, -0.2) is 9.97 Å². The number of fused-ring (bicyclic) bond motifs is 1. The second-order valence-corrected chi connectivity index (χ2v) is 5.87. The Hall–Kier alpha value is -1.24. The van der Waals surface area contributed by atoms with Crippen LogP contribution in [0.25, 0.3) is 10.2 Å². The van der Waals surface area contributed by atoms with Crippen molar-refractivity contribution >= 4 is 27.4 Å². The van der Waals surface area contributed by atoms with E-state index in [-0.39, 0.29) is 12.1 Å². The van der Waals surface area contributed by atoms with Crippen molar-refractivity contribution in [1.29, 1.82) is 0 Å². The Morgan fingerprint density at radius 2 is 2.21 bits per heavy atom. The summed E-state index contributed by atoms with van der Waals surface area (Å²) >= 11 is 1.64. The highest BCUT2D eigenvalue weighted by molar-refractivity contribution is 7.18. The number of ether oxygens (including phenoxy) is 1. The number of aliphatic hydroxyl groups excluding tert-OH is 1. The van der Waals surface area contributed by atoms with Gasteiger partial charge in [-0.15, -0.1) is 11.3 Å². The summed E-state index contributed by atoms with van der Waals surface area (Å²) in [4.78, 5) is 8.66. The predicted molar refractivity (Wildman–Crippen MR) is 75.6 cm³/mol. The molecule has 0 amide bonds. The topological polar surface area (TPSA) is 67.3 Å². The molecule has 0 saturated carbocycles. The first-order valence-electron chi connectivity index (χ1n) is 6.40. The van der Waals surface area contributed by atoms with Crippen LogP contribution in [0.4, 0.5) is 5.82 Å². The highest BCUT2D eigenvalue weighted by Crippen LogP contribution is 2.32. The average molecular weight is 279 g/mol. The molecule has 5 nitrogen and oxygen atoms in total. The monoisotopic (exact) mass is 279 g/mol. The smallest absolute Gasteiger partial charge is 0.147 e. The number of hydrogen-bond donors (Lipinski definition) is 2. The number of aliphatic hydroxyl groups is 1. The molecule has 1 aliphatic rings. The Morgan fingerprint density at radius 1 is 1.42 bits per heavy atom. The minimum Gasteiger partial charge on any atom is -0.394 e. The van der Waals surface area contributed by atoms with Gasteiger partial charge < -0.3 is 15.2 Å². The normalized spacial score (nSPS) is 18.6. The van der Waals surface area contributed by atoms with Gasteiger partial charge in [-0.3, -0.25) is 0 Å². The van der Waals surface area contributed by atoms with Crippen LogP contribution < -0.4 is 5.32 Å². The van der Waals surface area contributed by atoms with Crippen LogP contribution in [0.3, 0.4) is 0 Å². The molecule has 6 heteroatoms. The second-order valence-electron chi connectivity index (χ2n) is 4.99. The summed E-state index contributed by atoms with van der Waals surface area (Å²) in [5, 5.41) is 15.2. The first kappa shape index (κ1) is 12.8. The Labute approximate surface area is 115 Å². The van der Waals surface area contributed by atoms with E-state index in [4.69, 9.17) is 4.74 Å². The quantitative estimate of drug-likeness (QED) is 0.899. The summed E-state index contributed by atoms with van der Waals surface area (Å²) < 4.78 is 6.43. The number of nitrogens with zero attached hydrogens (tertiary/aromatic N) is 2. The molecule has 0 aromatic carbocycles. The molecule has 0 unspecified atom stereocenters. The van der Waals surface area contributed by atoms with Crippen LogP contribution in [-0.4, -0.2) is 40.4 Å². The van der Waals surface area contributed by atoms with Gasteiger partial charge in [0.25, 0.3) is 0 Å². The Morgan fingerprint density at radius 3 is 2.95 bits per heavy atom. The van der Waals surface area contributed by atoms with Crippen molar-refractivity contribution in [3.63, 3.8) is 0 Å². The van der Waals surface area contributed by atoms with Crippen molar-refractivity contribution in [2.75, 3.05) is 25.1 Å². The molecule has 0 atom stereocenters. The minimum absolute atomic E-state index is 0.0895. The molecule has 1 fully saturated rings. The van der Waals surface area contributed by atoms with E-state index in [1.54, 1.807) is 17.7 Å². The summed E-state index contributed by atoms with van der Waals surface area (Å²) in [6.45, 7) is 3.48. The summed E-state index contributed by atoms with van der Waals surface area (Å²) in [5.74, 6) is 0.819. The molecule has 1 aliphatic heterocycles. The number of rotatable bonds is 3. The van der Waals surface area contributed by atoms with E-state index in [0.717, 1.165) is 34.4 Å². The van der Waals surface area contributed by atoms with Crippen LogP contribution in [0.2, 0.25) is 0 Å². The summed E-state index contributed by atoms with van der Waals surface area (Å²) in [5.41, 5.74) is 1.83. The van der Waals surface area contributed by atoms with Gasteiger partial charge in [0.05, 0.1) is 22.4 Å². The van der Waals surface area contributed by atoms with E-state index in [1.165, 1.54) is 0 Å². The van der Waals surface area contributed by atoms with Crippen LogP contribution in [0, 0.1) is 6.92 Å². The minimum atomic E-state index is -0.322. The lowest BCUT2D eigenvalue weighted by Gasteiger charge is -2.36. The summed E-state index contributed by atoms with van der Waals surface area (Å²) in [6, 6.07) is 0. The molecule has 19 heavy (non-hydrogen) atoms. The Bertz CT molecular complexity index is 578. The van der Waals surface area contributed by atoms with Gasteiger partial charge >= 0.3 is 0 Å². The van der Waals surface area contributed by atoms with Gasteiger partial charge in [-0.2, -0.15) is 0 Å². The average Bonchev–Trinajstić information content (AvgIpc) is 2.83. The standard InChI is InChI=1S/C13H17N3O2S/c1-9-6-19-11-10(9)14-8-15-12(11)16-13(7-17)2-4-18-5-3-13/h6,8,17H,2-5,7H2,1H3,(H,14,15,16). The van der Waals surface area contributed by atoms with Crippen molar-refractivity contribution in [1.82, 2.24) is 9.97 Å². The lowest BCUT2D eigenvalue weighted by atomic mass is 9.91. The first-order valence-corrected chi connectivity index (χ1v) is 7.28. The highest BCUT2D eigenvalue weighted by atomic mass is 32.1. The molecule has 3 heterocycles. The third-order valence-electron chi connectivity index (χ3n) is 3.67. The van der Waals surface area contributed by atoms with E-state index in [9.17, 15) is 5.11 Å². The van der Waals surface area contributed by atoms with Crippen molar-refractivity contribution < 1.29 is 9.84 Å². The number of anilines is 1. The van der Waals surface area contributed by atoms with Crippen molar-refractivity contribution in [3.05, 3.63) is 17.3 Å². The fourth-order valence-electron chi connectivity index (χ4n) is 2.39. The molecule has 1 saturated heterocycles. The van der Waals surface area contributed by atoms with E-state index >= 15 is 0 Å². The number of hydrogen-bond acceptors (Lipinski definition) is 6. The van der Waals surface area contributed by atoms with Gasteiger partial charge in [-0.05, 0) is 30.7 Å². The van der Waals surface area contributed by atoms with Crippen molar-refractivity contribution in [2.24, 2.45) is 0 Å². The molecule has 0 radical (unpaired) electrons. The zero-order valence-electron chi connectivity index (χ0n) is 10.8. The molecule has 2 aromatic rings. The maximum absolute atomic E-state index is 9.72. The lowest BCUT2D eigenvalue weighted by molar-refractivity contribution is 0.0379. The third-order valence-corrected chi connectivity index (χ3v) is 4.76. The molecular weight excluding hydrogens is 262 g/mol. The van der Waals surface area contributed by atoms with Crippen LogP contribution in [0.1, 0.15) is 18.4 Å². The number of aryl methyl sites for hydroxylation is 1. The fraction of sp³-hybridized carbons (Fsp3) is 0.538. The van der Waals surface area contributed by atoms with E-state index < -0.39 is 0 Å². The van der Waals surface area contributed by atoms with Gasteiger partial charge in [0.2, 0.25) is 0 Å². The van der Waals surface area contributed by atoms with E-state index in [2.05, 4.69) is 20.7 Å². The van der Waals surface area contributed by atoms with Gasteiger partial charge in [0.15, 0.2) is 0 Å². The molecule has 2 aromatic heterocycles. The lowest BCUT2D eigenvalue weighted by Crippen LogP contribution is -2.47. The Balaban J connectivity index is 1.95. The van der Waals surface area contributed by atoms with Crippen LogP contribution in [-0.2, 0) is 4.74 Å². The number of nitrogens with one attached hydrogen (secondary N) is 1. The fourth-order valence-corrected chi connectivity index (χ4v) is 3.34. The molecule has 102 valence electrons. The Kier molecular flexibility index (Phi) is 3.38. The zero-order chi connectivity index (χ0) is 13.3. The van der Waals surface area contributed by atoms with Crippen molar-refractivity contribution in [2.45, 2.75) is 25.3 Å². The highest BCUT2D eigenvalue weighted by Gasteiger charge is 2.32. The third kappa shape index (κ3) is 2.31. The molecule has 3 rings (SSSR count). The van der Waals surface area contributed by atoms with Gasteiger partial charge in [-0.1, -0.05) is 0 Å².